The highest BCUT2D eigenvalue weighted by atomic mass is 32.2. The quantitative estimate of drug-likeness (QED) is 0.480. The van der Waals surface area contributed by atoms with Gasteiger partial charge in [0.05, 0.1) is 22.1 Å². The fraction of sp³-hybridized carbons (Fsp3) is 0.480. The molecule has 2 aliphatic rings. The molecule has 1 saturated heterocycles. The zero-order chi connectivity index (χ0) is 24.7. The second kappa shape index (κ2) is 9.23. The van der Waals surface area contributed by atoms with Gasteiger partial charge in [0, 0.05) is 12.6 Å². The first kappa shape index (κ1) is 23.7. The number of sulfone groups is 1. The van der Waals surface area contributed by atoms with Crippen molar-refractivity contribution in [2.24, 2.45) is 5.92 Å². The van der Waals surface area contributed by atoms with E-state index in [9.17, 15) is 13.2 Å². The molecule has 35 heavy (non-hydrogen) atoms. The number of anilines is 1. The number of aromatic nitrogens is 3. The average molecular weight is 497 g/mol. The Hall–Kier alpha value is -2.98. The molecule has 1 fully saturated rings. The van der Waals surface area contributed by atoms with Gasteiger partial charge in [-0.05, 0) is 62.0 Å². The van der Waals surface area contributed by atoms with Crippen LogP contribution in [0.25, 0.3) is 11.0 Å². The number of benzene rings is 1. The molecule has 2 atom stereocenters. The number of aryl methyl sites for hydroxylation is 1. The Morgan fingerprint density at radius 3 is 2.80 bits per heavy atom. The normalized spacial score (nSPS) is 20.6. The average Bonchev–Trinajstić information content (AvgIpc) is 3.43. The van der Waals surface area contributed by atoms with Gasteiger partial charge in [0.15, 0.2) is 9.84 Å². The lowest BCUT2D eigenvalue weighted by molar-refractivity contribution is 0.0934. The van der Waals surface area contributed by atoms with Crippen LogP contribution in [0, 0.1) is 5.92 Å². The van der Waals surface area contributed by atoms with E-state index in [4.69, 9.17) is 0 Å². The van der Waals surface area contributed by atoms with Gasteiger partial charge in [0.2, 0.25) is 0 Å². The fourth-order valence-corrected chi connectivity index (χ4v) is 6.73. The van der Waals surface area contributed by atoms with Crippen molar-refractivity contribution in [2.75, 3.05) is 31.2 Å². The SMILES string of the molecule is CC(C)[C@H](Nc1ncnc2[nH]c(C(=O)N[C@@H]3CCN(C)C3)cc12)c1ccc2c(c1)S(=O)(=O)CCC2. The van der Waals surface area contributed by atoms with Crippen molar-refractivity contribution in [3.63, 3.8) is 0 Å². The van der Waals surface area contributed by atoms with Crippen LogP contribution >= 0.6 is 0 Å². The number of rotatable bonds is 6. The molecule has 0 aliphatic carbocycles. The number of hydrogen-bond donors (Lipinski definition) is 3. The van der Waals surface area contributed by atoms with Gasteiger partial charge in [-0.15, -0.1) is 0 Å². The first-order valence-electron chi connectivity index (χ1n) is 12.2. The first-order chi connectivity index (χ1) is 16.7. The van der Waals surface area contributed by atoms with Gasteiger partial charge >= 0.3 is 0 Å². The number of amides is 1. The number of nitrogens with one attached hydrogen (secondary N) is 3. The van der Waals surface area contributed by atoms with Crippen molar-refractivity contribution in [1.82, 2.24) is 25.2 Å². The number of carbonyl (C=O) groups is 1. The Balaban J connectivity index is 1.43. The lowest BCUT2D eigenvalue weighted by Crippen LogP contribution is -2.36. The van der Waals surface area contributed by atoms with Gasteiger partial charge in [-0.2, -0.15) is 0 Å². The highest BCUT2D eigenvalue weighted by Crippen LogP contribution is 2.33. The summed E-state index contributed by atoms with van der Waals surface area (Å²) in [5.41, 5.74) is 2.81. The summed E-state index contributed by atoms with van der Waals surface area (Å²) in [4.78, 5) is 27.4. The van der Waals surface area contributed by atoms with Gasteiger partial charge in [-0.1, -0.05) is 26.0 Å². The van der Waals surface area contributed by atoms with E-state index in [0.29, 0.717) is 28.5 Å². The van der Waals surface area contributed by atoms with Crippen molar-refractivity contribution in [1.29, 1.82) is 0 Å². The summed E-state index contributed by atoms with van der Waals surface area (Å²) >= 11 is 0. The summed E-state index contributed by atoms with van der Waals surface area (Å²) in [5.74, 6) is 0.798. The van der Waals surface area contributed by atoms with Gasteiger partial charge in [0.1, 0.15) is 23.5 Å². The van der Waals surface area contributed by atoms with E-state index in [2.05, 4.69) is 44.3 Å². The lowest BCUT2D eigenvalue weighted by Gasteiger charge is -2.26. The van der Waals surface area contributed by atoms with Gasteiger partial charge in [-0.3, -0.25) is 4.79 Å². The van der Waals surface area contributed by atoms with Crippen molar-refractivity contribution in [3.05, 3.63) is 47.4 Å². The van der Waals surface area contributed by atoms with Gasteiger partial charge < -0.3 is 20.5 Å². The predicted octanol–water partition coefficient (Wildman–Crippen LogP) is 2.92. The highest BCUT2D eigenvalue weighted by Gasteiger charge is 2.27. The summed E-state index contributed by atoms with van der Waals surface area (Å²) in [6.07, 6.45) is 3.85. The monoisotopic (exact) mass is 496 g/mol. The minimum atomic E-state index is -3.26. The molecular weight excluding hydrogens is 464 g/mol. The van der Waals surface area contributed by atoms with E-state index < -0.39 is 9.84 Å². The van der Waals surface area contributed by atoms with Crippen LogP contribution in [0.4, 0.5) is 5.82 Å². The molecule has 2 aromatic heterocycles. The summed E-state index contributed by atoms with van der Waals surface area (Å²) in [6.45, 7) is 5.97. The Morgan fingerprint density at radius 1 is 1.23 bits per heavy atom. The molecular formula is C25H32N6O3S. The standard InChI is InChI=1S/C25H32N6O3S/c1-15(2)22(17-7-6-16-5-4-10-35(33,34)21(16)11-17)30-24-19-12-20(29-23(19)26-14-27-24)25(32)28-18-8-9-31(3)13-18/h6-7,11-12,14-15,18,22H,4-5,8-10,13H2,1-3H3,(H,28,32)(H2,26,27,29,30)/t18-,22+/m1/s1. The third-order valence-electron chi connectivity index (χ3n) is 7.00. The van der Waals surface area contributed by atoms with Gasteiger partial charge in [-0.25, -0.2) is 18.4 Å². The second-order valence-electron chi connectivity index (χ2n) is 10.0. The number of nitrogens with zero attached hydrogens (tertiary/aromatic N) is 3. The van der Waals surface area contributed by atoms with Crippen LogP contribution < -0.4 is 10.6 Å². The van der Waals surface area contributed by atoms with Gasteiger partial charge in [0.25, 0.3) is 5.91 Å². The molecule has 5 rings (SSSR count). The largest absolute Gasteiger partial charge is 0.362 e. The summed E-state index contributed by atoms with van der Waals surface area (Å²) in [6, 6.07) is 7.50. The van der Waals surface area contributed by atoms with E-state index in [-0.39, 0.29) is 29.7 Å². The fourth-order valence-electron chi connectivity index (χ4n) is 5.10. The molecule has 0 unspecified atom stereocenters. The maximum absolute atomic E-state index is 12.9. The minimum Gasteiger partial charge on any atom is -0.362 e. The number of fused-ring (bicyclic) bond motifs is 2. The van der Waals surface area contributed by atoms with E-state index in [0.717, 1.165) is 42.4 Å². The molecule has 3 N–H and O–H groups in total. The molecule has 4 heterocycles. The molecule has 2 aliphatic heterocycles. The number of H-pyrrole nitrogens is 1. The Bertz CT molecular complexity index is 1370. The zero-order valence-corrected chi connectivity index (χ0v) is 21.2. The summed E-state index contributed by atoms with van der Waals surface area (Å²) in [7, 11) is -1.21. The number of likely N-dealkylation sites (tertiary alicyclic amines) is 1. The van der Waals surface area contributed by atoms with Crippen LogP contribution in [0.15, 0.2) is 35.5 Å². The molecule has 1 amide bonds. The summed E-state index contributed by atoms with van der Waals surface area (Å²) in [5, 5.41) is 7.31. The predicted molar refractivity (Wildman–Crippen MR) is 135 cm³/mol. The Labute approximate surface area is 205 Å². The van der Waals surface area contributed by atoms with Crippen molar-refractivity contribution in [3.8, 4) is 0 Å². The lowest BCUT2D eigenvalue weighted by atomic mass is 9.94. The molecule has 0 saturated carbocycles. The van der Waals surface area contributed by atoms with Crippen LogP contribution in [-0.4, -0.2) is 66.1 Å². The van der Waals surface area contributed by atoms with Crippen LogP contribution in [0.1, 0.15) is 54.3 Å². The minimum absolute atomic E-state index is 0.133. The zero-order valence-electron chi connectivity index (χ0n) is 20.3. The van der Waals surface area contributed by atoms with Crippen molar-refractivity contribution < 1.29 is 13.2 Å². The van der Waals surface area contributed by atoms with Crippen LogP contribution in [-0.2, 0) is 16.3 Å². The number of carbonyl (C=O) groups excluding carboxylic acids is 1. The van der Waals surface area contributed by atoms with E-state index in [1.54, 1.807) is 6.07 Å². The van der Waals surface area contributed by atoms with E-state index in [1.807, 2.05) is 25.2 Å². The van der Waals surface area contributed by atoms with Crippen LogP contribution in [0.5, 0.6) is 0 Å². The molecule has 0 bridgehead atoms. The van der Waals surface area contributed by atoms with E-state index in [1.165, 1.54) is 6.33 Å². The Kier molecular flexibility index (Phi) is 6.27. The molecule has 0 spiro atoms. The van der Waals surface area contributed by atoms with Crippen molar-refractivity contribution >= 4 is 32.6 Å². The molecule has 10 heteroatoms. The first-order valence-corrected chi connectivity index (χ1v) is 13.8. The molecule has 186 valence electrons. The topological polar surface area (TPSA) is 120 Å². The number of aromatic amines is 1. The highest BCUT2D eigenvalue weighted by molar-refractivity contribution is 7.91. The molecule has 3 aromatic rings. The van der Waals surface area contributed by atoms with Crippen LogP contribution in [0.2, 0.25) is 0 Å². The van der Waals surface area contributed by atoms with Crippen LogP contribution in [0.3, 0.4) is 0 Å². The maximum atomic E-state index is 12.9. The Morgan fingerprint density at radius 2 is 2.06 bits per heavy atom. The second-order valence-corrected chi connectivity index (χ2v) is 12.1. The smallest absolute Gasteiger partial charge is 0.268 e. The molecule has 1 aromatic carbocycles. The molecule has 9 nitrogen and oxygen atoms in total. The summed E-state index contributed by atoms with van der Waals surface area (Å²) < 4.78 is 25.3. The molecule has 0 radical (unpaired) electrons. The number of hydrogen-bond acceptors (Lipinski definition) is 7. The maximum Gasteiger partial charge on any atom is 0.268 e. The van der Waals surface area contributed by atoms with Crippen molar-refractivity contribution in [2.45, 2.75) is 50.1 Å². The van der Waals surface area contributed by atoms with E-state index >= 15 is 0 Å². The number of likely N-dealkylation sites (N-methyl/N-ethyl adjacent to an activating group) is 1. The third-order valence-corrected chi connectivity index (χ3v) is 8.88. The third kappa shape index (κ3) is 4.77.